The van der Waals surface area contributed by atoms with Gasteiger partial charge >= 0.3 is 5.97 Å². The van der Waals surface area contributed by atoms with E-state index in [2.05, 4.69) is 25.9 Å². The van der Waals surface area contributed by atoms with Crippen molar-refractivity contribution in [2.24, 2.45) is 0 Å². The van der Waals surface area contributed by atoms with Crippen molar-refractivity contribution in [2.45, 2.75) is 0 Å². The molecule has 17 heavy (non-hydrogen) atoms. The number of fused-ring (bicyclic) bond motifs is 3. The van der Waals surface area contributed by atoms with Crippen LogP contribution in [0, 0.1) is 0 Å². The highest BCUT2D eigenvalue weighted by molar-refractivity contribution is 9.10. The Hall–Kier alpha value is -1.88. The summed E-state index contributed by atoms with van der Waals surface area (Å²) in [6, 6.07) is 6.92. The second-order valence-corrected chi connectivity index (χ2v) is 4.66. The molecule has 1 aromatic carbocycles. The molecule has 2 heterocycles. The number of nitrogens with one attached hydrogen (secondary N) is 1. The van der Waals surface area contributed by atoms with E-state index < -0.39 is 5.97 Å². The number of benzene rings is 1. The number of hydrogen-bond acceptors (Lipinski definition) is 2. The standard InChI is InChI=1S/C12H7BrN2O2/c13-7-4-9-8-3-6(12(16)17)1-2-10(8)15-11(9)14-5-7/h1-5H,(H,14,15)(H,16,17). The summed E-state index contributed by atoms with van der Waals surface area (Å²) in [6.07, 6.45) is 1.70. The van der Waals surface area contributed by atoms with Crippen molar-refractivity contribution in [1.29, 1.82) is 0 Å². The maximum atomic E-state index is 10.9. The molecule has 0 saturated heterocycles. The number of H-pyrrole nitrogens is 1. The SMILES string of the molecule is O=C(O)c1ccc2[nH]c3ncc(Br)cc3c2c1. The van der Waals surface area contributed by atoms with E-state index in [9.17, 15) is 4.79 Å². The minimum absolute atomic E-state index is 0.276. The molecule has 0 bridgehead atoms. The molecular formula is C12H7BrN2O2. The Morgan fingerprint density at radius 1 is 1.29 bits per heavy atom. The normalized spacial score (nSPS) is 11.1. The molecule has 0 atom stereocenters. The van der Waals surface area contributed by atoms with Crippen molar-refractivity contribution in [1.82, 2.24) is 9.97 Å². The average Bonchev–Trinajstić information content (AvgIpc) is 2.66. The zero-order valence-electron chi connectivity index (χ0n) is 8.57. The molecule has 0 aliphatic rings. The van der Waals surface area contributed by atoms with E-state index in [-0.39, 0.29) is 5.56 Å². The Bertz CT molecular complexity index is 749. The van der Waals surface area contributed by atoms with Gasteiger partial charge in [-0.25, -0.2) is 9.78 Å². The summed E-state index contributed by atoms with van der Waals surface area (Å²) >= 11 is 3.36. The third-order valence-electron chi connectivity index (χ3n) is 2.66. The molecule has 0 aliphatic heterocycles. The van der Waals surface area contributed by atoms with Gasteiger partial charge in [0.15, 0.2) is 0 Å². The molecule has 0 spiro atoms. The fraction of sp³-hybridized carbons (Fsp3) is 0. The first-order chi connectivity index (χ1) is 8.15. The van der Waals surface area contributed by atoms with Gasteiger partial charge in [-0.3, -0.25) is 0 Å². The lowest BCUT2D eigenvalue weighted by Crippen LogP contribution is -1.94. The summed E-state index contributed by atoms with van der Waals surface area (Å²) in [4.78, 5) is 18.3. The van der Waals surface area contributed by atoms with E-state index in [4.69, 9.17) is 5.11 Å². The highest BCUT2D eigenvalue weighted by Crippen LogP contribution is 2.27. The lowest BCUT2D eigenvalue weighted by Gasteiger charge is -1.95. The van der Waals surface area contributed by atoms with Crippen LogP contribution in [0.3, 0.4) is 0 Å². The Labute approximate surface area is 104 Å². The highest BCUT2D eigenvalue weighted by Gasteiger charge is 2.09. The highest BCUT2D eigenvalue weighted by atomic mass is 79.9. The number of aromatic amines is 1. The van der Waals surface area contributed by atoms with Gasteiger partial charge in [0.05, 0.1) is 5.56 Å². The molecule has 3 aromatic rings. The van der Waals surface area contributed by atoms with Gasteiger partial charge in [0.2, 0.25) is 0 Å². The van der Waals surface area contributed by atoms with Crippen LogP contribution < -0.4 is 0 Å². The Morgan fingerprint density at radius 3 is 2.88 bits per heavy atom. The fourth-order valence-electron chi connectivity index (χ4n) is 1.88. The molecule has 0 saturated carbocycles. The zero-order valence-corrected chi connectivity index (χ0v) is 10.2. The van der Waals surface area contributed by atoms with Crippen molar-refractivity contribution in [2.75, 3.05) is 0 Å². The molecule has 0 radical (unpaired) electrons. The van der Waals surface area contributed by atoms with Gasteiger partial charge < -0.3 is 10.1 Å². The minimum Gasteiger partial charge on any atom is -0.478 e. The Balaban J connectivity index is 2.43. The molecule has 2 aromatic heterocycles. The third-order valence-corrected chi connectivity index (χ3v) is 3.10. The zero-order chi connectivity index (χ0) is 12.0. The van der Waals surface area contributed by atoms with Crippen LogP contribution >= 0.6 is 15.9 Å². The maximum absolute atomic E-state index is 10.9. The largest absolute Gasteiger partial charge is 0.478 e. The fourth-order valence-corrected chi connectivity index (χ4v) is 2.21. The van der Waals surface area contributed by atoms with Gasteiger partial charge in [-0.1, -0.05) is 0 Å². The molecule has 0 aliphatic carbocycles. The van der Waals surface area contributed by atoms with Crippen LogP contribution in [-0.2, 0) is 0 Å². The van der Waals surface area contributed by atoms with E-state index in [1.807, 2.05) is 6.07 Å². The number of carbonyl (C=O) groups is 1. The Morgan fingerprint density at radius 2 is 2.12 bits per heavy atom. The topological polar surface area (TPSA) is 66.0 Å². The van der Waals surface area contributed by atoms with Crippen LogP contribution in [-0.4, -0.2) is 21.0 Å². The van der Waals surface area contributed by atoms with Crippen molar-refractivity contribution >= 4 is 43.8 Å². The second-order valence-electron chi connectivity index (χ2n) is 3.74. The van der Waals surface area contributed by atoms with E-state index in [1.54, 1.807) is 24.4 Å². The number of halogens is 1. The van der Waals surface area contributed by atoms with Crippen molar-refractivity contribution in [3.8, 4) is 0 Å². The van der Waals surface area contributed by atoms with Crippen LogP contribution in [0.25, 0.3) is 21.9 Å². The number of aromatic carboxylic acids is 1. The lowest BCUT2D eigenvalue weighted by molar-refractivity contribution is 0.0697. The van der Waals surface area contributed by atoms with Crippen LogP contribution in [0.15, 0.2) is 34.9 Å². The van der Waals surface area contributed by atoms with Crippen LogP contribution in [0.4, 0.5) is 0 Å². The smallest absolute Gasteiger partial charge is 0.335 e. The summed E-state index contributed by atoms with van der Waals surface area (Å²) in [7, 11) is 0. The van der Waals surface area contributed by atoms with E-state index in [0.29, 0.717) is 0 Å². The van der Waals surface area contributed by atoms with Crippen molar-refractivity contribution in [3.05, 3.63) is 40.5 Å². The molecule has 0 fully saturated rings. The van der Waals surface area contributed by atoms with E-state index >= 15 is 0 Å². The van der Waals surface area contributed by atoms with Gasteiger partial charge in [-0.05, 0) is 40.2 Å². The van der Waals surface area contributed by atoms with Crippen LogP contribution in [0.1, 0.15) is 10.4 Å². The van der Waals surface area contributed by atoms with Crippen molar-refractivity contribution in [3.63, 3.8) is 0 Å². The monoisotopic (exact) mass is 290 g/mol. The number of nitrogens with zero attached hydrogens (tertiary/aromatic N) is 1. The summed E-state index contributed by atoms with van der Waals surface area (Å²) in [5.74, 6) is -0.927. The summed E-state index contributed by atoms with van der Waals surface area (Å²) in [6.45, 7) is 0. The quantitative estimate of drug-likeness (QED) is 0.723. The number of rotatable bonds is 1. The van der Waals surface area contributed by atoms with E-state index in [0.717, 1.165) is 26.4 Å². The van der Waals surface area contributed by atoms with Crippen LogP contribution in [0.2, 0.25) is 0 Å². The number of aromatic nitrogens is 2. The van der Waals surface area contributed by atoms with Gasteiger partial charge in [0.1, 0.15) is 5.65 Å². The molecule has 4 nitrogen and oxygen atoms in total. The minimum atomic E-state index is -0.927. The summed E-state index contributed by atoms with van der Waals surface area (Å²) in [5.41, 5.74) is 1.92. The molecular weight excluding hydrogens is 284 g/mol. The van der Waals surface area contributed by atoms with Gasteiger partial charge in [-0.2, -0.15) is 0 Å². The first-order valence-electron chi connectivity index (χ1n) is 4.95. The molecule has 3 rings (SSSR count). The number of hydrogen-bond donors (Lipinski definition) is 2. The van der Waals surface area contributed by atoms with Crippen LogP contribution in [0.5, 0.6) is 0 Å². The molecule has 5 heteroatoms. The second kappa shape index (κ2) is 3.56. The first kappa shape index (κ1) is 10.3. The molecule has 84 valence electrons. The van der Waals surface area contributed by atoms with Gasteiger partial charge in [-0.15, -0.1) is 0 Å². The van der Waals surface area contributed by atoms with Gasteiger partial charge in [0.25, 0.3) is 0 Å². The predicted octanol–water partition coefficient (Wildman–Crippen LogP) is 3.18. The molecule has 0 amide bonds. The summed E-state index contributed by atoms with van der Waals surface area (Å²) < 4.78 is 0.867. The number of carboxylic acid groups (broad SMARTS) is 1. The molecule has 2 N–H and O–H groups in total. The third kappa shape index (κ3) is 1.59. The molecule has 0 unspecified atom stereocenters. The lowest BCUT2D eigenvalue weighted by atomic mass is 10.1. The van der Waals surface area contributed by atoms with Gasteiger partial charge in [0, 0.05) is 27.0 Å². The first-order valence-corrected chi connectivity index (χ1v) is 5.75. The van der Waals surface area contributed by atoms with E-state index in [1.165, 1.54) is 0 Å². The summed E-state index contributed by atoms with van der Waals surface area (Å²) in [5, 5.41) is 10.8. The predicted molar refractivity (Wildman–Crippen MR) is 68.3 cm³/mol. The number of pyridine rings is 1. The Kier molecular flexibility index (Phi) is 2.16. The number of carboxylic acids is 1. The maximum Gasteiger partial charge on any atom is 0.335 e. The van der Waals surface area contributed by atoms with Crippen molar-refractivity contribution < 1.29 is 9.90 Å². The average molecular weight is 291 g/mol.